The molecule has 4 rings (SSSR count). The maximum Gasteiger partial charge on any atom is 0.242 e. The second kappa shape index (κ2) is 8.20. The number of aromatic nitrogens is 4. The summed E-state index contributed by atoms with van der Waals surface area (Å²) in [5, 5.41) is 14.3. The van der Waals surface area contributed by atoms with E-state index in [2.05, 4.69) is 30.8 Å². The topological polar surface area (TPSA) is 98.8 Å². The van der Waals surface area contributed by atoms with E-state index in [4.69, 9.17) is 11.6 Å². The van der Waals surface area contributed by atoms with Gasteiger partial charge in [-0.3, -0.25) is 9.89 Å². The molecule has 0 radical (unpaired) electrons. The van der Waals surface area contributed by atoms with Crippen LogP contribution in [0.4, 0.5) is 15.9 Å². The molecule has 1 aliphatic rings. The second-order valence-electron chi connectivity index (χ2n) is 7.09. The average Bonchev–Trinajstić information content (AvgIpc) is 3.17. The maximum atomic E-state index is 13.5. The number of nitrogens with one attached hydrogen (secondary N) is 3. The molecule has 0 bridgehead atoms. The zero-order valence-electron chi connectivity index (χ0n) is 15.8. The molecular formula is C19H21ClFN7O. The number of amides is 1. The molecule has 1 saturated heterocycles. The molecule has 10 heteroatoms. The number of halogens is 2. The van der Waals surface area contributed by atoms with Crippen molar-refractivity contribution in [3.05, 3.63) is 41.6 Å². The molecule has 3 aromatic rings. The van der Waals surface area contributed by atoms with E-state index in [1.54, 1.807) is 12.3 Å². The molecule has 0 spiro atoms. The number of anilines is 2. The highest BCUT2D eigenvalue weighted by Gasteiger charge is 2.31. The van der Waals surface area contributed by atoms with Gasteiger partial charge in [0.15, 0.2) is 5.65 Å². The van der Waals surface area contributed by atoms with Gasteiger partial charge in [-0.05, 0) is 38.0 Å². The van der Waals surface area contributed by atoms with Crippen LogP contribution >= 0.6 is 11.6 Å². The molecular weight excluding hydrogens is 397 g/mol. The number of carbonyl (C=O) groups excluding carboxylic acids is 1. The Labute approximate surface area is 171 Å². The normalized spacial score (nSPS) is 19.3. The first-order valence-corrected chi connectivity index (χ1v) is 9.79. The van der Waals surface area contributed by atoms with Gasteiger partial charge >= 0.3 is 0 Å². The van der Waals surface area contributed by atoms with Gasteiger partial charge < -0.3 is 15.5 Å². The van der Waals surface area contributed by atoms with Gasteiger partial charge in [0, 0.05) is 29.3 Å². The van der Waals surface area contributed by atoms with Crippen LogP contribution in [0.5, 0.6) is 0 Å². The fourth-order valence-electron chi connectivity index (χ4n) is 3.68. The number of rotatable bonds is 5. The third kappa shape index (κ3) is 4.24. The summed E-state index contributed by atoms with van der Waals surface area (Å²) in [6, 6.07) is 4.14. The summed E-state index contributed by atoms with van der Waals surface area (Å²) < 4.78 is 13.5. The molecule has 2 aromatic heterocycles. The minimum atomic E-state index is -0.446. The molecule has 2 unspecified atom stereocenters. The number of fused-ring (bicyclic) bond motifs is 1. The van der Waals surface area contributed by atoms with Gasteiger partial charge in [-0.1, -0.05) is 11.6 Å². The summed E-state index contributed by atoms with van der Waals surface area (Å²) in [5.41, 5.74) is 1.14. The van der Waals surface area contributed by atoms with Gasteiger partial charge in [0.25, 0.3) is 0 Å². The second-order valence-corrected chi connectivity index (χ2v) is 7.52. The number of hydrogen-bond donors (Lipinski definition) is 3. The standard InChI is InChI=1S/C19H21ClFN7O/c1-11-16(26-18-15-8-25-27-19(15)24-10-23-18)3-2-4-28(11)17(29)9-22-14-6-12(20)5-13(21)7-14/h5-8,10-11,16,22H,2-4,9H2,1H3,(H2,23,24,25,26,27). The van der Waals surface area contributed by atoms with Crippen LogP contribution in [-0.2, 0) is 4.79 Å². The molecule has 8 nitrogen and oxygen atoms in total. The third-order valence-corrected chi connectivity index (χ3v) is 5.40. The Hall–Kier alpha value is -2.94. The first kappa shape index (κ1) is 19.4. The fraction of sp³-hybridized carbons (Fsp3) is 0.368. The lowest BCUT2D eigenvalue weighted by atomic mass is 9.97. The Bertz CT molecular complexity index is 1010. The summed E-state index contributed by atoms with van der Waals surface area (Å²) in [7, 11) is 0. The number of aromatic amines is 1. The number of hydrogen-bond acceptors (Lipinski definition) is 6. The molecule has 0 saturated carbocycles. The number of benzene rings is 1. The molecule has 1 amide bonds. The third-order valence-electron chi connectivity index (χ3n) is 5.18. The highest BCUT2D eigenvalue weighted by atomic mass is 35.5. The summed E-state index contributed by atoms with van der Waals surface area (Å²) in [5.74, 6) is 0.196. The SMILES string of the molecule is CC1C(Nc2ncnc3[nH]ncc23)CCCN1C(=O)CNc1cc(F)cc(Cl)c1. The Kier molecular flexibility index (Phi) is 5.48. The number of piperidine rings is 1. The van der Waals surface area contributed by atoms with E-state index < -0.39 is 5.82 Å². The van der Waals surface area contributed by atoms with Gasteiger partial charge in [0.1, 0.15) is 18.0 Å². The number of nitrogens with zero attached hydrogens (tertiary/aromatic N) is 4. The van der Waals surface area contributed by atoms with Crippen molar-refractivity contribution in [2.24, 2.45) is 0 Å². The number of H-pyrrole nitrogens is 1. The largest absolute Gasteiger partial charge is 0.376 e. The first-order valence-electron chi connectivity index (χ1n) is 9.41. The van der Waals surface area contributed by atoms with E-state index in [1.807, 2.05) is 11.8 Å². The van der Waals surface area contributed by atoms with Crippen LogP contribution in [0, 0.1) is 5.82 Å². The van der Waals surface area contributed by atoms with E-state index in [0.29, 0.717) is 23.7 Å². The van der Waals surface area contributed by atoms with Gasteiger partial charge in [0.2, 0.25) is 5.91 Å². The highest BCUT2D eigenvalue weighted by molar-refractivity contribution is 6.30. The maximum absolute atomic E-state index is 13.5. The summed E-state index contributed by atoms with van der Waals surface area (Å²) in [6.45, 7) is 2.76. The number of carbonyl (C=O) groups is 1. The Morgan fingerprint density at radius 1 is 1.38 bits per heavy atom. The van der Waals surface area contributed by atoms with E-state index >= 15 is 0 Å². The molecule has 0 aliphatic carbocycles. The highest BCUT2D eigenvalue weighted by Crippen LogP contribution is 2.24. The predicted molar refractivity (Wildman–Crippen MR) is 109 cm³/mol. The minimum absolute atomic E-state index is 0.0361. The van der Waals surface area contributed by atoms with Gasteiger partial charge in [-0.25, -0.2) is 14.4 Å². The smallest absolute Gasteiger partial charge is 0.242 e. The molecule has 152 valence electrons. The van der Waals surface area contributed by atoms with Crippen LogP contribution in [0.15, 0.2) is 30.7 Å². The summed E-state index contributed by atoms with van der Waals surface area (Å²) in [4.78, 5) is 23.1. The van der Waals surface area contributed by atoms with E-state index in [9.17, 15) is 9.18 Å². The van der Waals surface area contributed by atoms with Crippen molar-refractivity contribution < 1.29 is 9.18 Å². The van der Waals surface area contributed by atoms with Crippen LogP contribution in [0.3, 0.4) is 0 Å². The van der Waals surface area contributed by atoms with Gasteiger partial charge in [-0.15, -0.1) is 0 Å². The Morgan fingerprint density at radius 2 is 2.24 bits per heavy atom. The lowest BCUT2D eigenvalue weighted by molar-refractivity contribution is -0.132. The predicted octanol–water partition coefficient (Wildman–Crippen LogP) is 3.05. The van der Waals surface area contributed by atoms with Crippen molar-refractivity contribution in [3.8, 4) is 0 Å². The van der Waals surface area contributed by atoms with E-state index in [1.165, 1.54) is 18.5 Å². The summed E-state index contributed by atoms with van der Waals surface area (Å²) >= 11 is 5.87. The molecule has 3 N–H and O–H groups in total. The molecule has 1 fully saturated rings. The first-order chi connectivity index (χ1) is 14.0. The van der Waals surface area contributed by atoms with Crippen LogP contribution in [0.2, 0.25) is 5.02 Å². The van der Waals surface area contributed by atoms with E-state index in [-0.39, 0.29) is 29.6 Å². The molecule has 1 aliphatic heterocycles. The number of likely N-dealkylation sites (tertiary alicyclic amines) is 1. The van der Waals surface area contributed by atoms with Crippen LogP contribution in [-0.4, -0.2) is 56.1 Å². The fourth-order valence-corrected chi connectivity index (χ4v) is 3.90. The van der Waals surface area contributed by atoms with Crippen molar-refractivity contribution in [1.82, 2.24) is 25.1 Å². The van der Waals surface area contributed by atoms with E-state index in [0.717, 1.165) is 18.2 Å². The Balaban J connectivity index is 1.41. The van der Waals surface area contributed by atoms with Crippen LogP contribution in [0.25, 0.3) is 11.0 Å². The molecule has 3 heterocycles. The van der Waals surface area contributed by atoms with Crippen molar-refractivity contribution in [1.29, 1.82) is 0 Å². The average molecular weight is 418 g/mol. The Morgan fingerprint density at radius 3 is 3.07 bits per heavy atom. The van der Waals surface area contributed by atoms with Gasteiger partial charge in [0.05, 0.1) is 18.1 Å². The lowest BCUT2D eigenvalue weighted by Crippen LogP contribution is -2.53. The van der Waals surface area contributed by atoms with Gasteiger partial charge in [-0.2, -0.15) is 5.10 Å². The monoisotopic (exact) mass is 417 g/mol. The van der Waals surface area contributed by atoms with Crippen LogP contribution in [0.1, 0.15) is 19.8 Å². The van der Waals surface area contributed by atoms with Crippen molar-refractivity contribution in [2.75, 3.05) is 23.7 Å². The molecule has 2 atom stereocenters. The van der Waals surface area contributed by atoms with Crippen molar-refractivity contribution >= 4 is 40.0 Å². The zero-order chi connectivity index (χ0) is 20.4. The van der Waals surface area contributed by atoms with Crippen molar-refractivity contribution in [3.63, 3.8) is 0 Å². The summed E-state index contributed by atoms with van der Waals surface area (Å²) in [6.07, 6.45) is 4.95. The van der Waals surface area contributed by atoms with Crippen molar-refractivity contribution in [2.45, 2.75) is 31.8 Å². The van der Waals surface area contributed by atoms with Crippen LogP contribution < -0.4 is 10.6 Å². The molecule has 29 heavy (non-hydrogen) atoms. The molecule has 1 aromatic carbocycles. The lowest BCUT2D eigenvalue weighted by Gasteiger charge is -2.40. The minimum Gasteiger partial charge on any atom is -0.376 e. The zero-order valence-corrected chi connectivity index (χ0v) is 16.6. The quantitative estimate of drug-likeness (QED) is 0.590.